The van der Waals surface area contributed by atoms with Crippen LogP contribution in [0, 0.1) is 18.8 Å². The van der Waals surface area contributed by atoms with Crippen LogP contribution in [0.5, 0.6) is 0 Å². The molecule has 0 radical (unpaired) electrons. The summed E-state index contributed by atoms with van der Waals surface area (Å²) in [5.41, 5.74) is 2.63. The average molecular weight is 297 g/mol. The maximum atomic E-state index is 11.6. The summed E-state index contributed by atoms with van der Waals surface area (Å²) in [6.07, 6.45) is 8.63. The van der Waals surface area contributed by atoms with Crippen LogP contribution >= 0.6 is 0 Å². The molecule has 22 heavy (non-hydrogen) atoms. The number of rotatable bonds is 4. The van der Waals surface area contributed by atoms with Gasteiger partial charge in [0.1, 0.15) is 0 Å². The SMILES string of the molecule is Cc1ccc(/C=C(\CN2C[C@H]3CC=CC[C@H]3C2)C(=O)O)cc1. The molecular weight excluding hydrogens is 274 g/mol. The molecule has 2 atom stereocenters. The Bertz CT molecular complexity index is 584. The van der Waals surface area contributed by atoms with E-state index in [0.717, 1.165) is 31.5 Å². The van der Waals surface area contributed by atoms with Crippen LogP contribution < -0.4 is 0 Å². The van der Waals surface area contributed by atoms with E-state index < -0.39 is 5.97 Å². The molecule has 0 spiro atoms. The Kier molecular flexibility index (Phi) is 4.44. The van der Waals surface area contributed by atoms with Gasteiger partial charge in [0.2, 0.25) is 0 Å². The van der Waals surface area contributed by atoms with E-state index in [1.165, 1.54) is 5.56 Å². The van der Waals surface area contributed by atoms with E-state index in [4.69, 9.17) is 0 Å². The lowest BCUT2D eigenvalue weighted by Gasteiger charge is -2.18. The number of carbonyl (C=O) groups is 1. The lowest BCUT2D eigenvalue weighted by atomic mass is 9.86. The zero-order chi connectivity index (χ0) is 15.5. The Morgan fingerprint density at radius 1 is 1.18 bits per heavy atom. The summed E-state index contributed by atoms with van der Waals surface area (Å²) in [4.78, 5) is 13.9. The molecule has 1 aliphatic heterocycles. The molecule has 1 saturated heterocycles. The topological polar surface area (TPSA) is 40.5 Å². The van der Waals surface area contributed by atoms with Gasteiger partial charge >= 0.3 is 5.97 Å². The van der Waals surface area contributed by atoms with Crippen molar-refractivity contribution in [2.45, 2.75) is 19.8 Å². The minimum Gasteiger partial charge on any atom is -0.478 e. The summed E-state index contributed by atoms with van der Waals surface area (Å²) in [6, 6.07) is 7.99. The lowest BCUT2D eigenvalue weighted by Crippen LogP contribution is -2.26. The fourth-order valence-corrected chi connectivity index (χ4v) is 3.52. The molecule has 3 heteroatoms. The van der Waals surface area contributed by atoms with Gasteiger partial charge in [0, 0.05) is 19.6 Å². The number of carboxylic acid groups (broad SMARTS) is 1. The molecule has 2 aliphatic rings. The lowest BCUT2D eigenvalue weighted by molar-refractivity contribution is -0.132. The predicted octanol–water partition coefficient (Wildman–Crippen LogP) is 3.36. The molecular formula is C19H23NO2. The van der Waals surface area contributed by atoms with Crippen molar-refractivity contribution in [2.75, 3.05) is 19.6 Å². The molecule has 0 unspecified atom stereocenters. The highest BCUT2D eigenvalue weighted by Crippen LogP contribution is 2.33. The monoisotopic (exact) mass is 297 g/mol. The van der Waals surface area contributed by atoms with Gasteiger partial charge in [-0.05, 0) is 43.2 Å². The van der Waals surface area contributed by atoms with Gasteiger partial charge in [-0.25, -0.2) is 4.79 Å². The smallest absolute Gasteiger partial charge is 0.332 e. The largest absolute Gasteiger partial charge is 0.478 e. The summed E-state index contributed by atoms with van der Waals surface area (Å²) in [5.74, 6) is 0.604. The maximum Gasteiger partial charge on any atom is 0.332 e. The predicted molar refractivity (Wildman–Crippen MR) is 88.6 cm³/mol. The number of fused-ring (bicyclic) bond motifs is 1. The van der Waals surface area contributed by atoms with Crippen molar-refractivity contribution in [3.63, 3.8) is 0 Å². The van der Waals surface area contributed by atoms with Gasteiger partial charge in [0.15, 0.2) is 0 Å². The maximum absolute atomic E-state index is 11.6. The normalized spacial score (nSPS) is 25.2. The number of nitrogens with zero attached hydrogens (tertiary/aromatic N) is 1. The first-order valence-electron chi connectivity index (χ1n) is 7.99. The third-order valence-electron chi connectivity index (χ3n) is 4.78. The first-order chi connectivity index (χ1) is 10.6. The van der Waals surface area contributed by atoms with Crippen LogP contribution in [0.2, 0.25) is 0 Å². The third kappa shape index (κ3) is 3.47. The number of aliphatic carboxylic acids is 1. The number of carboxylic acids is 1. The van der Waals surface area contributed by atoms with Gasteiger partial charge in [-0.2, -0.15) is 0 Å². The zero-order valence-electron chi connectivity index (χ0n) is 13.0. The summed E-state index contributed by atoms with van der Waals surface area (Å²) in [6.45, 7) is 4.61. The quantitative estimate of drug-likeness (QED) is 0.684. The van der Waals surface area contributed by atoms with Gasteiger partial charge in [-0.3, -0.25) is 4.90 Å². The van der Waals surface area contributed by atoms with Crippen LogP contribution in [0.15, 0.2) is 42.0 Å². The summed E-state index contributed by atoms with van der Waals surface area (Å²) in [7, 11) is 0. The van der Waals surface area contributed by atoms with E-state index in [0.29, 0.717) is 24.0 Å². The van der Waals surface area contributed by atoms with Crippen molar-refractivity contribution in [3.8, 4) is 0 Å². The molecule has 3 nitrogen and oxygen atoms in total. The molecule has 0 bridgehead atoms. The van der Waals surface area contributed by atoms with Crippen molar-refractivity contribution in [1.29, 1.82) is 0 Å². The molecule has 1 N–H and O–H groups in total. The summed E-state index contributed by atoms with van der Waals surface area (Å²) >= 11 is 0. The Morgan fingerprint density at radius 3 is 2.32 bits per heavy atom. The minimum absolute atomic E-state index is 0.482. The Labute approximate surface area is 132 Å². The van der Waals surface area contributed by atoms with Crippen molar-refractivity contribution >= 4 is 12.0 Å². The Hall–Kier alpha value is -1.87. The molecule has 0 amide bonds. The van der Waals surface area contributed by atoms with Gasteiger partial charge in [0.05, 0.1) is 5.57 Å². The second-order valence-electron chi connectivity index (χ2n) is 6.54. The van der Waals surface area contributed by atoms with E-state index in [-0.39, 0.29) is 0 Å². The number of aryl methyl sites for hydroxylation is 1. The molecule has 1 heterocycles. The highest BCUT2D eigenvalue weighted by atomic mass is 16.4. The zero-order valence-corrected chi connectivity index (χ0v) is 13.0. The Morgan fingerprint density at radius 2 is 1.77 bits per heavy atom. The van der Waals surface area contributed by atoms with Gasteiger partial charge < -0.3 is 5.11 Å². The number of hydrogen-bond acceptors (Lipinski definition) is 2. The molecule has 116 valence electrons. The van der Waals surface area contributed by atoms with Crippen LogP contribution in [0.3, 0.4) is 0 Å². The number of likely N-dealkylation sites (tertiary alicyclic amines) is 1. The second kappa shape index (κ2) is 6.49. The minimum atomic E-state index is -0.812. The van der Waals surface area contributed by atoms with Gasteiger partial charge in [0.25, 0.3) is 0 Å². The average Bonchev–Trinajstić information content (AvgIpc) is 2.91. The van der Waals surface area contributed by atoms with E-state index in [2.05, 4.69) is 17.1 Å². The standard InChI is InChI=1S/C19H23NO2/c1-14-6-8-15(9-7-14)10-18(19(21)22)13-20-11-16-4-2-3-5-17(16)12-20/h2-3,6-10,16-17H,4-5,11-13H2,1H3,(H,21,22)/b18-10+/t16-,17+. The van der Waals surface area contributed by atoms with Crippen LogP contribution in [-0.4, -0.2) is 35.6 Å². The van der Waals surface area contributed by atoms with E-state index in [1.54, 1.807) is 0 Å². The van der Waals surface area contributed by atoms with Crippen LogP contribution in [0.25, 0.3) is 6.08 Å². The number of allylic oxidation sites excluding steroid dienone is 2. The van der Waals surface area contributed by atoms with E-state index in [1.807, 2.05) is 37.3 Å². The fraction of sp³-hybridized carbons (Fsp3) is 0.421. The first-order valence-corrected chi connectivity index (χ1v) is 7.99. The van der Waals surface area contributed by atoms with Crippen molar-refractivity contribution in [2.24, 2.45) is 11.8 Å². The number of hydrogen-bond donors (Lipinski definition) is 1. The third-order valence-corrected chi connectivity index (χ3v) is 4.78. The van der Waals surface area contributed by atoms with Gasteiger partial charge in [-0.1, -0.05) is 42.0 Å². The fourth-order valence-electron chi connectivity index (χ4n) is 3.52. The molecule has 1 aliphatic carbocycles. The Balaban J connectivity index is 1.70. The molecule has 1 aromatic rings. The summed E-state index contributed by atoms with van der Waals surface area (Å²) < 4.78 is 0. The molecule has 0 aromatic heterocycles. The van der Waals surface area contributed by atoms with Crippen molar-refractivity contribution in [1.82, 2.24) is 4.90 Å². The van der Waals surface area contributed by atoms with E-state index in [9.17, 15) is 9.90 Å². The molecule has 1 aromatic carbocycles. The van der Waals surface area contributed by atoms with Crippen LogP contribution in [0.4, 0.5) is 0 Å². The molecule has 0 saturated carbocycles. The second-order valence-corrected chi connectivity index (χ2v) is 6.54. The van der Waals surface area contributed by atoms with Crippen molar-refractivity contribution in [3.05, 3.63) is 53.1 Å². The van der Waals surface area contributed by atoms with E-state index >= 15 is 0 Å². The van der Waals surface area contributed by atoms with Crippen LogP contribution in [0.1, 0.15) is 24.0 Å². The highest BCUT2D eigenvalue weighted by Gasteiger charge is 2.33. The number of benzene rings is 1. The van der Waals surface area contributed by atoms with Crippen molar-refractivity contribution < 1.29 is 9.90 Å². The first kappa shape index (κ1) is 15.0. The molecule has 3 rings (SSSR count). The molecule has 1 fully saturated rings. The van der Waals surface area contributed by atoms with Crippen LogP contribution in [-0.2, 0) is 4.79 Å². The summed E-state index contributed by atoms with van der Waals surface area (Å²) in [5, 5.41) is 9.50. The highest BCUT2D eigenvalue weighted by molar-refractivity contribution is 5.92. The van der Waals surface area contributed by atoms with Gasteiger partial charge in [-0.15, -0.1) is 0 Å².